The number of hydrogen-bond donors (Lipinski definition) is 0. The van der Waals surface area contributed by atoms with E-state index in [9.17, 15) is 0 Å². The van der Waals surface area contributed by atoms with Crippen LogP contribution in [0.5, 0.6) is 11.5 Å². The van der Waals surface area contributed by atoms with Gasteiger partial charge in [0.1, 0.15) is 16.0 Å². The summed E-state index contributed by atoms with van der Waals surface area (Å²) in [5.41, 5.74) is 0.989. The lowest BCUT2D eigenvalue weighted by Crippen LogP contribution is -2.19. The highest BCUT2D eigenvalue weighted by Gasteiger charge is 2.21. The third-order valence-electron chi connectivity index (χ3n) is 3.87. The first kappa shape index (κ1) is 16.9. The number of methoxy groups -OCH3 is 2. The van der Waals surface area contributed by atoms with Crippen molar-refractivity contribution in [2.45, 2.75) is 43.6 Å². The molecule has 0 radical (unpaired) electrons. The minimum atomic E-state index is -0.0901. The molecule has 1 aromatic carbocycles. The lowest BCUT2D eigenvalue weighted by Gasteiger charge is -2.24. The van der Waals surface area contributed by atoms with Crippen molar-refractivity contribution < 1.29 is 14.2 Å². The van der Waals surface area contributed by atoms with E-state index in [1.54, 1.807) is 14.2 Å². The molecule has 2 unspecified atom stereocenters. The highest BCUT2D eigenvalue weighted by atomic mass is 79.9. The van der Waals surface area contributed by atoms with Crippen molar-refractivity contribution in [2.75, 3.05) is 20.8 Å². The molecule has 0 saturated carbocycles. The molecule has 21 heavy (non-hydrogen) atoms. The number of ether oxygens (including phenoxy) is 3. The first-order valence-corrected chi connectivity index (χ1v) is 8.56. The van der Waals surface area contributed by atoms with Gasteiger partial charge in [0.05, 0.1) is 25.7 Å². The second-order valence-corrected chi connectivity index (χ2v) is 6.56. The van der Waals surface area contributed by atoms with Gasteiger partial charge in [0, 0.05) is 12.2 Å². The Bertz CT molecular complexity index is 461. The van der Waals surface area contributed by atoms with Crippen molar-refractivity contribution in [1.29, 1.82) is 0 Å². The first-order valence-electron chi connectivity index (χ1n) is 7.33. The number of hydrogen-bond acceptors (Lipinski definition) is 3. The Hall–Kier alpha value is -0.450. The predicted molar refractivity (Wildman–Crippen MR) is 88.7 cm³/mol. The minimum Gasteiger partial charge on any atom is -0.495 e. The van der Waals surface area contributed by atoms with Crippen LogP contribution in [0.3, 0.4) is 0 Å². The number of halogens is 2. The maximum atomic E-state index is 6.58. The summed E-state index contributed by atoms with van der Waals surface area (Å²) in [6.07, 6.45) is 5.80. The van der Waals surface area contributed by atoms with Gasteiger partial charge in [-0.05, 0) is 54.1 Å². The molecule has 0 amide bonds. The van der Waals surface area contributed by atoms with Gasteiger partial charge in [0.2, 0.25) is 0 Å². The Labute approximate surface area is 140 Å². The van der Waals surface area contributed by atoms with Crippen molar-refractivity contribution in [3.63, 3.8) is 0 Å². The van der Waals surface area contributed by atoms with Gasteiger partial charge in [-0.25, -0.2) is 0 Å². The van der Waals surface area contributed by atoms with Gasteiger partial charge in [-0.1, -0.05) is 6.07 Å². The summed E-state index contributed by atoms with van der Waals surface area (Å²) in [5.74, 6) is 1.49. The van der Waals surface area contributed by atoms with Gasteiger partial charge in [-0.2, -0.15) is 0 Å². The van der Waals surface area contributed by atoms with Crippen molar-refractivity contribution in [1.82, 2.24) is 0 Å². The van der Waals surface area contributed by atoms with Crippen LogP contribution in [0.4, 0.5) is 0 Å². The van der Waals surface area contributed by atoms with Crippen molar-refractivity contribution in [3.05, 3.63) is 22.2 Å². The fourth-order valence-corrected chi connectivity index (χ4v) is 3.67. The van der Waals surface area contributed by atoms with Crippen LogP contribution < -0.4 is 9.47 Å². The molecule has 1 aromatic rings. The Morgan fingerprint density at radius 1 is 1.33 bits per heavy atom. The van der Waals surface area contributed by atoms with Crippen molar-refractivity contribution >= 4 is 27.5 Å². The Kier molecular flexibility index (Phi) is 6.65. The molecule has 0 aromatic heterocycles. The zero-order valence-corrected chi connectivity index (χ0v) is 14.9. The summed E-state index contributed by atoms with van der Waals surface area (Å²) >= 11 is 10.1. The van der Waals surface area contributed by atoms with E-state index in [2.05, 4.69) is 15.9 Å². The summed E-state index contributed by atoms with van der Waals surface area (Å²) in [4.78, 5) is 0. The summed E-state index contributed by atoms with van der Waals surface area (Å²) in [7, 11) is 3.29. The summed E-state index contributed by atoms with van der Waals surface area (Å²) in [6, 6.07) is 3.89. The molecule has 3 nitrogen and oxygen atoms in total. The van der Waals surface area contributed by atoms with Gasteiger partial charge in [-0.3, -0.25) is 0 Å². The van der Waals surface area contributed by atoms with E-state index in [-0.39, 0.29) is 5.38 Å². The van der Waals surface area contributed by atoms with E-state index in [4.69, 9.17) is 25.8 Å². The summed E-state index contributed by atoms with van der Waals surface area (Å²) < 4.78 is 17.3. The summed E-state index contributed by atoms with van der Waals surface area (Å²) in [5, 5.41) is -0.0901. The quantitative estimate of drug-likeness (QED) is 0.646. The monoisotopic (exact) mass is 376 g/mol. The van der Waals surface area contributed by atoms with Crippen LogP contribution in [0.1, 0.15) is 43.0 Å². The lowest BCUT2D eigenvalue weighted by molar-refractivity contribution is 0.00998. The zero-order valence-electron chi connectivity index (χ0n) is 12.5. The molecule has 0 aliphatic carbocycles. The standard InChI is InChI=1S/C16H22BrClO3/c1-19-14-9-7-12(16(20-2)15(14)17)13(18)8-6-11-5-3-4-10-21-11/h7,9,11,13H,3-6,8,10H2,1-2H3. The van der Waals surface area contributed by atoms with Crippen LogP contribution in [0.15, 0.2) is 16.6 Å². The molecule has 2 atom stereocenters. The highest BCUT2D eigenvalue weighted by Crippen LogP contribution is 2.42. The van der Waals surface area contributed by atoms with Gasteiger partial charge in [0.15, 0.2) is 0 Å². The van der Waals surface area contributed by atoms with Gasteiger partial charge < -0.3 is 14.2 Å². The van der Waals surface area contributed by atoms with Crippen molar-refractivity contribution in [3.8, 4) is 11.5 Å². The second-order valence-electron chi connectivity index (χ2n) is 5.24. The van der Waals surface area contributed by atoms with Crippen LogP contribution in [0.2, 0.25) is 0 Å². The SMILES string of the molecule is COc1ccc(C(Cl)CCC2CCCCO2)c(OC)c1Br. The summed E-state index contributed by atoms with van der Waals surface area (Å²) in [6.45, 7) is 0.884. The molecule has 1 heterocycles. The molecule has 1 saturated heterocycles. The second kappa shape index (κ2) is 8.25. The Balaban J connectivity index is 2.04. The highest BCUT2D eigenvalue weighted by molar-refractivity contribution is 9.10. The number of alkyl halides is 1. The Morgan fingerprint density at radius 3 is 2.76 bits per heavy atom. The average molecular weight is 378 g/mol. The maximum Gasteiger partial charge on any atom is 0.141 e. The smallest absolute Gasteiger partial charge is 0.141 e. The first-order chi connectivity index (χ1) is 10.2. The molecule has 0 N–H and O–H groups in total. The third-order valence-corrected chi connectivity index (χ3v) is 5.07. The molecule has 2 rings (SSSR count). The van der Waals surface area contributed by atoms with Crippen LogP contribution in [-0.4, -0.2) is 26.9 Å². The largest absolute Gasteiger partial charge is 0.495 e. The molecule has 5 heteroatoms. The van der Waals surface area contributed by atoms with E-state index < -0.39 is 0 Å². The van der Waals surface area contributed by atoms with E-state index >= 15 is 0 Å². The van der Waals surface area contributed by atoms with E-state index in [0.29, 0.717) is 6.10 Å². The van der Waals surface area contributed by atoms with E-state index in [1.165, 1.54) is 12.8 Å². The Morgan fingerprint density at radius 2 is 2.14 bits per heavy atom. The molecule has 1 fully saturated rings. The molecule has 1 aliphatic heterocycles. The fraction of sp³-hybridized carbons (Fsp3) is 0.625. The average Bonchev–Trinajstić information content (AvgIpc) is 2.53. The van der Waals surface area contributed by atoms with Crippen LogP contribution >= 0.6 is 27.5 Å². The number of rotatable bonds is 6. The van der Waals surface area contributed by atoms with Gasteiger partial charge in [-0.15, -0.1) is 11.6 Å². The molecule has 1 aliphatic rings. The fourth-order valence-electron chi connectivity index (χ4n) is 2.69. The lowest BCUT2D eigenvalue weighted by atomic mass is 10.00. The van der Waals surface area contributed by atoms with Crippen molar-refractivity contribution in [2.24, 2.45) is 0 Å². The van der Waals surface area contributed by atoms with Gasteiger partial charge >= 0.3 is 0 Å². The molecule has 0 spiro atoms. The third kappa shape index (κ3) is 4.27. The van der Waals surface area contributed by atoms with Crippen LogP contribution in [0, 0.1) is 0 Å². The van der Waals surface area contributed by atoms with Crippen LogP contribution in [-0.2, 0) is 4.74 Å². The maximum absolute atomic E-state index is 6.58. The molecule has 118 valence electrons. The molecular formula is C16H22BrClO3. The van der Waals surface area contributed by atoms with E-state index in [1.807, 2.05) is 12.1 Å². The topological polar surface area (TPSA) is 27.7 Å². The molecule has 0 bridgehead atoms. The van der Waals surface area contributed by atoms with Crippen LogP contribution in [0.25, 0.3) is 0 Å². The zero-order chi connectivity index (χ0) is 15.2. The van der Waals surface area contributed by atoms with Gasteiger partial charge in [0.25, 0.3) is 0 Å². The predicted octanol–water partition coefficient (Wildman–Crippen LogP) is 5.10. The van der Waals surface area contributed by atoms with E-state index in [0.717, 1.165) is 47.4 Å². The minimum absolute atomic E-state index is 0.0901. The normalized spacial score (nSPS) is 20.1. The molecular weight excluding hydrogens is 356 g/mol. The number of benzene rings is 1.